The Labute approximate surface area is 104 Å². The van der Waals surface area contributed by atoms with E-state index in [1.807, 2.05) is 18.2 Å². The molecule has 0 aliphatic carbocycles. The van der Waals surface area contributed by atoms with Crippen molar-refractivity contribution in [3.8, 4) is 0 Å². The molecule has 0 spiro atoms. The number of benzene rings is 1. The topological polar surface area (TPSA) is 51.1 Å². The molecule has 0 fully saturated rings. The number of carbonyl (C=O) groups excluding carboxylic acids is 1. The summed E-state index contributed by atoms with van der Waals surface area (Å²) in [6, 6.07) is 12.1. The maximum atomic E-state index is 12.4. The molecule has 3 rings (SSSR count). The van der Waals surface area contributed by atoms with E-state index in [0.717, 1.165) is 0 Å². The standard InChI is InChI=1S/C14H12N2O2/c17-12-7-6-11(14-15-8-9-16(12)14)13(18)10-4-2-1-3-5-10/h1-7,15H,8-9H2. The summed E-state index contributed by atoms with van der Waals surface area (Å²) in [5.74, 6) is 0.574. The van der Waals surface area contributed by atoms with Gasteiger partial charge in [-0.3, -0.25) is 14.2 Å². The van der Waals surface area contributed by atoms with Crippen LogP contribution >= 0.6 is 0 Å². The van der Waals surface area contributed by atoms with Gasteiger partial charge in [-0.2, -0.15) is 0 Å². The zero-order valence-corrected chi connectivity index (χ0v) is 9.72. The van der Waals surface area contributed by atoms with Crippen LogP contribution in [0.3, 0.4) is 0 Å². The molecule has 1 aromatic heterocycles. The Balaban J connectivity index is 2.12. The largest absolute Gasteiger partial charge is 0.369 e. The predicted molar refractivity (Wildman–Crippen MR) is 69.1 cm³/mol. The number of rotatable bonds is 2. The SMILES string of the molecule is O=C(c1ccccc1)c1ccc(=O)n2c1NCC2. The van der Waals surface area contributed by atoms with Crippen LogP contribution < -0.4 is 10.9 Å². The van der Waals surface area contributed by atoms with Crippen LogP contribution in [0.1, 0.15) is 15.9 Å². The Morgan fingerprint density at radius 3 is 2.67 bits per heavy atom. The number of aromatic nitrogens is 1. The van der Waals surface area contributed by atoms with E-state index >= 15 is 0 Å². The van der Waals surface area contributed by atoms with E-state index in [4.69, 9.17) is 0 Å². The van der Waals surface area contributed by atoms with Crippen molar-refractivity contribution in [2.75, 3.05) is 11.9 Å². The smallest absolute Gasteiger partial charge is 0.252 e. The Bertz CT molecular complexity index is 659. The first kappa shape index (κ1) is 10.8. The number of anilines is 1. The van der Waals surface area contributed by atoms with Gasteiger partial charge in [0.05, 0.1) is 5.56 Å². The zero-order valence-electron chi connectivity index (χ0n) is 9.72. The summed E-state index contributed by atoms with van der Waals surface area (Å²) < 4.78 is 1.61. The van der Waals surface area contributed by atoms with Crippen LogP contribution in [0.2, 0.25) is 0 Å². The summed E-state index contributed by atoms with van der Waals surface area (Å²) in [5, 5.41) is 3.10. The number of nitrogens with one attached hydrogen (secondary N) is 1. The monoisotopic (exact) mass is 240 g/mol. The van der Waals surface area contributed by atoms with E-state index < -0.39 is 0 Å². The summed E-state index contributed by atoms with van der Waals surface area (Å²) in [6.45, 7) is 1.30. The van der Waals surface area contributed by atoms with Gasteiger partial charge in [-0.05, 0) is 6.07 Å². The first-order valence-corrected chi connectivity index (χ1v) is 5.85. The molecule has 2 heterocycles. The molecule has 18 heavy (non-hydrogen) atoms. The third-order valence-corrected chi connectivity index (χ3v) is 3.09. The molecule has 1 N–H and O–H groups in total. The molecule has 0 radical (unpaired) electrons. The van der Waals surface area contributed by atoms with E-state index in [-0.39, 0.29) is 11.3 Å². The number of pyridine rings is 1. The maximum absolute atomic E-state index is 12.4. The first-order chi connectivity index (χ1) is 8.77. The van der Waals surface area contributed by atoms with E-state index in [0.29, 0.717) is 30.0 Å². The molecular formula is C14H12N2O2. The van der Waals surface area contributed by atoms with Gasteiger partial charge < -0.3 is 5.32 Å². The Morgan fingerprint density at radius 1 is 1.11 bits per heavy atom. The predicted octanol–water partition coefficient (Wildman–Crippen LogP) is 1.50. The highest BCUT2D eigenvalue weighted by atomic mass is 16.1. The van der Waals surface area contributed by atoms with Crippen molar-refractivity contribution < 1.29 is 4.79 Å². The van der Waals surface area contributed by atoms with Gasteiger partial charge in [0.1, 0.15) is 5.82 Å². The highest BCUT2D eigenvalue weighted by Gasteiger charge is 2.20. The minimum absolute atomic E-state index is 0.0613. The van der Waals surface area contributed by atoms with Crippen molar-refractivity contribution >= 4 is 11.6 Å². The quantitative estimate of drug-likeness (QED) is 0.809. The molecule has 0 saturated heterocycles. The van der Waals surface area contributed by atoms with Crippen LogP contribution in [0, 0.1) is 0 Å². The van der Waals surface area contributed by atoms with E-state index in [2.05, 4.69) is 5.32 Å². The second-order valence-electron chi connectivity index (χ2n) is 4.21. The second kappa shape index (κ2) is 4.14. The van der Waals surface area contributed by atoms with E-state index in [1.54, 1.807) is 22.8 Å². The van der Waals surface area contributed by atoms with E-state index in [9.17, 15) is 9.59 Å². The molecule has 2 aromatic rings. The number of ketones is 1. The van der Waals surface area contributed by atoms with Crippen LogP contribution in [-0.2, 0) is 6.54 Å². The fourth-order valence-electron chi connectivity index (χ4n) is 2.21. The van der Waals surface area contributed by atoms with Gasteiger partial charge in [-0.25, -0.2) is 0 Å². The molecular weight excluding hydrogens is 228 g/mol. The lowest BCUT2D eigenvalue weighted by atomic mass is 10.0. The molecule has 4 nitrogen and oxygen atoms in total. The minimum atomic E-state index is -0.0698. The number of carbonyl (C=O) groups is 1. The highest BCUT2D eigenvalue weighted by Crippen LogP contribution is 2.20. The summed E-state index contributed by atoms with van der Waals surface area (Å²) >= 11 is 0. The Kier molecular flexibility index (Phi) is 2.48. The molecule has 0 saturated carbocycles. The average molecular weight is 240 g/mol. The summed E-state index contributed by atoms with van der Waals surface area (Å²) in [5.41, 5.74) is 1.12. The van der Waals surface area contributed by atoms with Crippen LogP contribution in [0.4, 0.5) is 5.82 Å². The maximum Gasteiger partial charge on any atom is 0.252 e. The molecule has 90 valence electrons. The number of hydrogen-bond acceptors (Lipinski definition) is 3. The molecule has 4 heteroatoms. The van der Waals surface area contributed by atoms with Crippen molar-refractivity contribution in [2.24, 2.45) is 0 Å². The lowest BCUT2D eigenvalue weighted by molar-refractivity contribution is 0.103. The van der Waals surface area contributed by atoms with Crippen molar-refractivity contribution in [1.82, 2.24) is 4.57 Å². The lowest BCUT2D eigenvalue weighted by Crippen LogP contribution is -2.19. The van der Waals surface area contributed by atoms with Crippen LogP contribution in [0.5, 0.6) is 0 Å². The lowest BCUT2D eigenvalue weighted by Gasteiger charge is -2.08. The van der Waals surface area contributed by atoms with Gasteiger partial charge in [0.15, 0.2) is 5.78 Å². The van der Waals surface area contributed by atoms with Crippen LogP contribution in [-0.4, -0.2) is 16.9 Å². The van der Waals surface area contributed by atoms with Crippen LogP contribution in [0.15, 0.2) is 47.3 Å². The van der Waals surface area contributed by atoms with Gasteiger partial charge in [-0.15, -0.1) is 0 Å². The van der Waals surface area contributed by atoms with Crippen molar-refractivity contribution in [3.05, 3.63) is 63.9 Å². The van der Waals surface area contributed by atoms with Crippen molar-refractivity contribution in [2.45, 2.75) is 6.54 Å². The van der Waals surface area contributed by atoms with Crippen molar-refractivity contribution in [3.63, 3.8) is 0 Å². The molecule has 1 aromatic carbocycles. The minimum Gasteiger partial charge on any atom is -0.369 e. The van der Waals surface area contributed by atoms with Gasteiger partial charge in [-0.1, -0.05) is 30.3 Å². The van der Waals surface area contributed by atoms with Gasteiger partial charge in [0, 0.05) is 24.7 Å². The Hall–Kier alpha value is -2.36. The molecule has 0 amide bonds. The van der Waals surface area contributed by atoms with Gasteiger partial charge >= 0.3 is 0 Å². The molecule has 1 aliphatic heterocycles. The fraction of sp³-hybridized carbons (Fsp3) is 0.143. The number of fused-ring (bicyclic) bond motifs is 1. The molecule has 0 atom stereocenters. The number of hydrogen-bond donors (Lipinski definition) is 1. The summed E-state index contributed by atoms with van der Waals surface area (Å²) in [7, 11) is 0. The molecule has 0 bridgehead atoms. The normalized spacial score (nSPS) is 12.9. The number of nitrogens with zero attached hydrogens (tertiary/aromatic N) is 1. The third-order valence-electron chi connectivity index (χ3n) is 3.09. The fourth-order valence-corrected chi connectivity index (χ4v) is 2.21. The first-order valence-electron chi connectivity index (χ1n) is 5.85. The van der Waals surface area contributed by atoms with Crippen LogP contribution in [0.25, 0.3) is 0 Å². The average Bonchev–Trinajstić information content (AvgIpc) is 2.90. The van der Waals surface area contributed by atoms with Gasteiger partial charge in [0.25, 0.3) is 5.56 Å². The van der Waals surface area contributed by atoms with Crippen molar-refractivity contribution in [1.29, 1.82) is 0 Å². The summed E-state index contributed by atoms with van der Waals surface area (Å²) in [4.78, 5) is 24.0. The summed E-state index contributed by atoms with van der Waals surface area (Å²) in [6.07, 6.45) is 0. The third kappa shape index (κ3) is 1.62. The second-order valence-corrected chi connectivity index (χ2v) is 4.21. The van der Waals surface area contributed by atoms with Gasteiger partial charge in [0.2, 0.25) is 0 Å². The highest BCUT2D eigenvalue weighted by molar-refractivity contribution is 6.11. The zero-order chi connectivity index (χ0) is 12.5. The molecule has 1 aliphatic rings. The Morgan fingerprint density at radius 2 is 1.89 bits per heavy atom. The molecule has 0 unspecified atom stereocenters. The van der Waals surface area contributed by atoms with E-state index in [1.165, 1.54) is 6.07 Å².